The lowest BCUT2D eigenvalue weighted by molar-refractivity contribution is 0.600. The summed E-state index contributed by atoms with van der Waals surface area (Å²) in [5.41, 5.74) is 6.95. The third-order valence-corrected chi connectivity index (χ3v) is 3.70. The molecule has 13 heavy (non-hydrogen) atoms. The van der Waals surface area contributed by atoms with Gasteiger partial charge in [0.1, 0.15) is 5.01 Å². The lowest BCUT2D eigenvalue weighted by atomic mass is 10.0. The first kappa shape index (κ1) is 11.0. The minimum absolute atomic E-state index is 0.184. The summed E-state index contributed by atoms with van der Waals surface area (Å²) in [5.74, 6) is 1.38. The molecule has 1 aromatic rings. The molecule has 1 heterocycles. The van der Waals surface area contributed by atoms with E-state index in [2.05, 4.69) is 23.5 Å². The monoisotopic (exact) mass is 216 g/mol. The zero-order valence-electron chi connectivity index (χ0n) is 8.28. The van der Waals surface area contributed by atoms with Crippen molar-refractivity contribution in [2.75, 3.05) is 6.26 Å². The molecular formula is C9H16N2S2. The molecule has 0 aliphatic rings. The fourth-order valence-corrected chi connectivity index (χ4v) is 2.61. The smallest absolute Gasteiger partial charge is 0.103 e. The van der Waals surface area contributed by atoms with Crippen molar-refractivity contribution in [3.8, 4) is 0 Å². The molecule has 0 aliphatic heterocycles. The van der Waals surface area contributed by atoms with Gasteiger partial charge < -0.3 is 5.73 Å². The van der Waals surface area contributed by atoms with Crippen LogP contribution in [0.2, 0.25) is 0 Å². The Morgan fingerprint density at radius 2 is 2.31 bits per heavy atom. The summed E-state index contributed by atoms with van der Waals surface area (Å²) in [7, 11) is 0. The second kappa shape index (κ2) is 4.98. The Hall–Kier alpha value is -0.0600. The highest BCUT2D eigenvalue weighted by Crippen LogP contribution is 2.22. The topological polar surface area (TPSA) is 38.9 Å². The minimum Gasteiger partial charge on any atom is -0.327 e. The van der Waals surface area contributed by atoms with Crippen LogP contribution in [0.4, 0.5) is 0 Å². The summed E-state index contributed by atoms with van der Waals surface area (Å²) in [5, 5.41) is 3.33. The quantitative estimate of drug-likeness (QED) is 0.840. The van der Waals surface area contributed by atoms with Gasteiger partial charge in [-0.25, -0.2) is 4.98 Å². The Morgan fingerprint density at radius 3 is 2.85 bits per heavy atom. The molecule has 0 aromatic carbocycles. The normalized spacial score (nSPS) is 15.7. The number of rotatable bonds is 4. The van der Waals surface area contributed by atoms with Gasteiger partial charge in [-0.2, -0.15) is 11.8 Å². The summed E-state index contributed by atoms with van der Waals surface area (Å²) in [6, 6.07) is 0.184. The maximum atomic E-state index is 5.81. The van der Waals surface area contributed by atoms with Crippen LogP contribution in [0.5, 0.6) is 0 Å². The molecule has 2 atom stereocenters. The van der Waals surface area contributed by atoms with Crippen LogP contribution < -0.4 is 5.73 Å². The van der Waals surface area contributed by atoms with Crippen LogP contribution in [0.1, 0.15) is 30.5 Å². The molecule has 4 heteroatoms. The van der Waals surface area contributed by atoms with Crippen molar-refractivity contribution in [3.05, 3.63) is 16.1 Å². The van der Waals surface area contributed by atoms with E-state index < -0.39 is 0 Å². The third kappa shape index (κ3) is 2.97. The van der Waals surface area contributed by atoms with E-state index in [1.165, 1.54) is 5.01 Å². The first-order chi connectivity index (χ1) is 6.15. The Kier molecular flexibility index (Phi) is 4.22. The Morgan fingerprint density at radius 1 is 1.62 bits per heavy atom. The molecule has 0 aliphatic carbocycles. The number of nitrogens with zero attached hydrogens (tertiary/aromatic N) is 1. The van der Waals surface area contributed by atoms with Gasteiger partial charge in [-0.05, 0) is 13.2 Å². The van der Waals surface area contributed by atoms with E-state index in [4.69, 9.17) is 5.73 Å². The van der Waals surface area contributed by atoms with E-state index in [1.807, 2.05) is 6.92 Å². The molecule has 0 spiro atoms. The highest BCUT2D eigenvalue weighted by Gasteiger charge is 2.13. The Bertz CT molecular complexity index is 258. The summed E-state index contributed by atoms with van der Waals surface area (Å²) >= 11 is 3.54. The van der Waals surface area contributed by atoms with Gasteiger partial charge in [0, 0.05) is 23.1 Å². The molecule has 0 bridgehead atoms. The van der Waals surface area contributed by atoms with Crippen LogP contribution in [0.3, 0.4) is 0 Å². The van der Waals surface area contributed by atoms with Crippen molar-refractivity contribution in [2.45, 2.75) is 31.6 Å². The minimum atomic E-state index is 0.184. The predicted octanol–water partition coefficient (Wildman–Crippen LogP) is 2.46. The molecular weight excluding hydrogens is 200 g/mol. The number of thiazole rings is 1. The lowest BCUT2D eigenvalue weighted by Gasteiger charge is -2.11. The summed E-state index contributed by atoms with van der Waals surface area (Å²) in [6.45, 7) is 4.15. The van der Waals surface area contributed by atoms with Crippen molar-refractivity contribution >= 4 is 23.1 Å². The average molecular weight is 216 g/mol. The van der Waals surface area contributed by atoms with E-state index in [0.717, 1.165) is 11.4 Å². The van der Waals surface area contributed by atoms with Crippen molar-refractivity contribution in [2.24, 2.45) is 5.73 Å². The largest absolute Gasteiger partial charge is 0.327 e. The summed E-state index contributed by atoms with van der Waals surface area (Å²) in [4.78, 5) is 4.54. The Balaban J connectivity index is 2.67. The molecule has 0 amide bonds. The van der Waals surface area contributed by atoms with Crippen LogP contribution in [0.15, 0.2) is 5.38 Å². The number of hydrogen-bond donors (Lipinski definition) is 1. The van der Waals surface area contributed by atoms with Crippen LogP contribution in [-0.2, 0) is 5.75 Å². The van der Waals surface area contributed by atoms with E-state index in [1.54, 1.807) is 23.1 Å². The highest BCUT2D eigenvalue weighted by atomic mass is 32.2. The molecule has 2 N–H and O–H groups in total. The van der Waals surface area contributed by atoms with E-state index in [-0.39, 0.29) is 6.04 Å². The first-order valence-electron chi connectivity index (χ1n) is 4.34. The molecule has 74 valence electrons. The van der Waals surface area contributed by atoms with E-state index in [9.17, 15) is 0 Å². The van der Waals surface area contributed by atoms with Crippen LogP contribution in [-0.4, -0.2) is 17.3 Å². The fourth-order valence-electron chi connectivity index (χ4n) is 0.993. The van der Waals surface area contributed by atoms with Crippen molar-refractivity contribution in [3.63, 3.8) is 0 Å². The molecule has 1 aromatic heterocycles. The van der Waals surface area contributed by atoms with Crippen LogP contribution in [0.25, 0.3) is 0 Å². The SMILES string of the molecule is CSCc1nc(C(C)C(C)N)cs1. The highest BCUT2D eigenvalue weighted by molar-refractivity contribution is 7.97. The van der Waals surface area contributed by atoms with Crippen molar-refractivity contribution in [1.82, 2.24) is 4.98 Å². The zero-order chi connectivity index (χ0) is 9.84. The molecule has 2 unspecified atom stereocenters. The second-order valence-corrected chi connectivity index (χ2v) is 5.06. The number of thioether (sulfide) groups is 1. The molecule has 0 saturated carbocycles. The van der Waals surface area contributed by atoms with Gasteiger partial charge in [0.05, 0.1) is 5.69 Å². The second-order valence-electron chi connectivity index (χ2n) is 3.25. The molecule has 0 radical (unpaired) electrons. The number of aromatic nitrogens is 1. The van der Waals surface area contributed by atoms with Gasteiger partial charge in [-0.1, -0.05) is 6.92 Å². The predicted molar refractivity (Wildman–Crippen MR) is 61.4 cm³/mol. The zero-order valence-corrected chi connectivity index (χ0v) is 9.91. The molecule has 0 saturated heterocycles. The first-order valence-corrected chi connectivity index (χ1v) is 6.61. The average Bonchev–Trinajstić information content (AvgIpc) is 2.52. The van der Waals surface area contributed by atoms with Gasteiger partial charge in [-0.3, -0.25) is 0 Å². The van der Waals surface area contributed by atoms with Crippen molar-refractivity contribution < 1.29 is 0 Å². The maximum absolute atomic E-state index is 5.81. The summed E-state index contributed by atoms with van der Waals surface area (Å²) in [6.07, 6.45) is 2.09. The summed E-state index contributed by atoms with van der Waals surface area (Å²) < 4.78 is 0. The number of nitrogens with two attached hydrogens (primary N) is 1. The van der Waals surface area contributed by atoms with Gasteiger partial charge in [-0.15, -0.1) is 11.3 Å². The van der Waals surface area contributed by atoms with Gasteiger partial charge >= 0.3 is 0 Å². The standard InChI is InChI=1S/C9H16N2S2/c1-6(7(2)10)8-4-13-9(11-8)5-12-3/h4,6-7H,5,10H2,1-3H3. The van der Waals surface area contributed by atoms with Gasteiger partial charge in [0.2, 0.25) is 0 Å². The lowest BCUT2D eigenvalue weighted by Crippen LogP contribution is -2.22. The van der Waals surface area contributed by atoms with E-state index >= 15 is 0 Å². The van der Waals surface area contributed by atoms with E-state index in [0.29, 0.717) is 5.92 Å². The molecule has 0 fully saturated rings. The molecule has 2 nitrogen and oxygen atoms in total. The van der Waals surface area contributed by atoms with Gasteiger partial charge in [0.25, 0.3) is 0 Å². The molecule has 1 rings (SSSR count). The van der Waals surface area contributed by atoms with Gasteiger partial charge in [0.15, 0.2) is 0 Å². The van der Waals surface area contributed by atoms with Crippen LogP contribution >= 0.6 is 23.1 Å². The fraction of sp³-hybridized carbons (Fsp3) is 0.667. The maximum Gasteiger partial charge on any atom is 0.103 e. The van der Waals surface area contributed by atoms with Crippen molar-refractivity contribution in [1.29, 1.82) is 0 Å². The Labute approximate surface area is 87.9 Å². The van der Waals surface area contributed by atoms with Crippen LogP contribution in [0, 0.1) is 0 Å². The third-order valence-electron chi connectivity index (χ3n) is 2.09. The number of hydrogen-bond acceptors (Lipinski definition) is 4.